The number of pyridine rings is 1. The summed E-state index contributed by atoms with van der Waals surface area (Å²) in [6, 6.07) is 4.28. The molecule has 0 saturated heterocycles. The predicted octanol–water partition coefficient (Wildman–Crippen LogP) is -1.92. The Kier molecular flexibility index (Phi) is 3.62. The van der Waals surface area contributed by atoms with Gasteiger partial charge in [-0.2, -0.15) is 0 Å². The lowest BCUT2D eigenvalue weighted by molar-refractivity contribution is -0.671. The molecule has 0 aliphatic carbocycles. The maximum Gasteiger partial charge on any atom is 0.168 e. The van der Waals surface area contributed by atoms with E-state index in [1.165, 1.54) is 5.56 Å². The fourth-order valence-electron chi connectivity index (χ4n) is 0.768. The van der Waals surface area contributed by atoms with Crippen molar-refractivity contribution < 1.29 is 9.27 Å². The van der Waals surface area contributed by atoms with Crippen LogP contribution in [0, 0.1) is 0 Å². The minimum Gasteiger partial charge on any atom is -1.00 e. The number of halogens is 1. The molecule has 56 valence electrons. The van der Waals surface area contributed by atoms with E-state index in [2.05, 4.69) is 31.5 Å². The number of rotatable bonds is 1. The van der Waals surface area contributed by atoms with Crippen molar-refractivity contribution in [2.24, 2.45) is 7.05 Å². The molecule has 0 saturated carbocycles. The van der Waals surface area contributed by atoms with E-state index in [1.807, 2.05) is 11.6 Å². The van der Waals surface area contributed by atoms with E-state index in [4.69, 9.17) is 0 Å². The van der Waals surface area contributed by atoms with Crippen molar-refractivity contribution in [1.29, 1.82) is 0 Å². The lowest BCUT2D eigenvalue weighted by Crippen LogP contribution is -3.00. The minimum absolute atomic E-state index is 0. The molecule has 0 N–H and O–H groups in total. The van der Waals surface area contributed by atoms with Gasteiger partial charge in [0.05, 0.1) is 0 Å². The molecule has 1 rings (SSSR count). The van der Waals surface area contributed by atoms with E-state index in [1.54, 1.807) is 0 Å². The van der Waals surface area contributed by atoms with Crippen LogP contribution in [0.15, 0.2) is 24.5 Å². The van der Waals surface area contributed by atoms with Crippen LogP contribution in [-0.2, 0) is 13.5 Å². The van der Waals surface area contributed by atoms with Gasteiger partial charge >= 0.3 is 0 Å². The second kappa shape index (κ2) is 3.99. The summed E-state index contributed by atoms with van der Waals surface area (Å²) in [5.41, 5.74) is 1.40. The maximum atomic E-state index is 2.16. The first-order chi connectivity index (χ1) is 4.33. The quantitative estimate of drug-likeness (QED) is 0.401. The van der Waals surface area contributed by atoms with Gasteiger partial charge in [0, 0.05) is 12.1 Å². The molecule has 0 aromatic carbocycles. The van der Waals surface area contributed by atoms with E-state index >= 15 is 0 Å². The average molecular weight is 141 g/mol. The molecule has 0 amide bonds. The molecule has 1 aromatic rings. The highest BCUT2D eigenvalue weighted by Gasteiger charge is 1.89. The summed E-state index contributed by atoms with van der Waals surface area (Å²) in [6.45, 7) is 2.16. The van der Waals surface area contributed by atoms with Crippen LogP contribution >= 0.6 is 0 Å². The van der Waals surface area contributed by atoms with Crippen molar-refractivity contribution in [2.75, 3.05) is 0 Å². The Balaban J connectivity index is 0.000000810. The van der Waals surface area contributed by atoms with Crippen LogP contribution in [0.5, 0.6) is 0 Å². The number of aromatic nitrogens is 1. The van der Waals surface area contributed by atoms with Crippen LogP contribution in [-0.4, -0.2) is 0 Å². The first kappa shape index (κ1) is 9.08. The van der Waals surface area contributed by atoms with Gasteiger partial charge in [-0.25, -0.2) is 4.57 Å². The van der Waals surface area contributed by atoms with Gasteiger partial charge in [0.1, 0.15) is 7.05 Å². The molecule has 0 spiro atoms. The zero-order chi connectivity index (χ0) is 6.69. The first-order valence-corrected chi connectivity index (χ1v) is 3.27. The van der Waals surface area contributed by atoms with E-state index < -0.39 is 0 Å². The fourth-order valence-corrected chi connectivity index (χ4v) is 0.768. The Hall–Kier alpha value is -0.920. The van der Waals surface area contributed by atoms with Crippen LogP contribution in [0.3, 0.4) is 0 Å². The standard InChI is InChI=1S/C8H12N.FH/c1-3-8-4-6-9(2)7-5-8;/h4-7H,3H2,1-2H3;1H/q+1;/p-1. The Morgan fingerprint density at radius 2 is 1.80 bits per heavy atom. The third-order valence-electron chi connectivity index (χ3n) is 1.46. The Bertz CT molecular complexity index is 181. The highest BCUT2D eigenvalue weighted by molar-refractivity contribution is 5.06. The zero-order valence-corrected chi connectivity index (χ0v) is 6.34. The topological polar surface area (TPSA) is 3.88 Å². The van der Waals surface area contributed by atoms with Crippen molar-refractivity contribution in [3.05, 3.63) is 30.1 Å². The van der Waals surface area contributed by atoms with E-state index in [0.717, 1.165) is 6.42 Å². The lowest BCUT2D eigenvalue weighted by atomic mass is 10.2. The summed E-state index contributed by atoms with van der Waals surface area (Å²) in [6.07, 6.45) is 5.26. The number of hydrogen-bond acceptors (Lipinski definition) is 0. The average Bonchev–Trinajstić information content (AvgIpc) is 1.90. The highest BCUT2D eigenvalue weighted by Crippen LogP contribution is 1.93. The summed E-state index contributed by atoms with van der Waals surface area (Å²) < 4.78 is 2.04. The molecule has 0 unspecified atom stereocenters. The van der Waals surface area contributed by atoms with E-state index in [0.29, 0.717) is 0 Å². The Labute approximate surface area is 60.7 Å². The van der Waals surface area contributed by atoms with E-state index in [-0.39, 0.29) is 4.70 Å². The summed E-state index contributed by atoms with van der Waals surface area (Å²) >= 11 is 0. The summed E-state index contributed by atoms with van der Waals surface area (Å²) in [5.74, 6) is 0. The Morgan fingerprint density at radius 3 is 2.20 bits per heavy atom. The number of aryl methyl sites for hydroxylation is 2. The maximum absolute atomic E-state index is 2.16. The molecular formula is C8H12FN. The van der Waals surface area contributed by atoms with E-state index in [9.17, 15) is 0 Å². The molecule has 10 heavy (non-hydrogen) atoms. The number of nitrogens with zero attached hydrogens (tertiary/aromatic N) is 1. The third-order valence-corrected chi connectivity index (χ3v) is 1.46. The summed E-state index contributed by atoms with van der Waals surface area (Å²) in [5, 5.41) is 0. The predicted molar refractivity (Wildman–Crippen MR) is 37.0 cm³/mol. The summed E-state index contributed by atoms with van der Waals surface area (Å²) in [7, 11) is 2.03. The monoisotopic (exact) mass is 141 g/mol. The largest absolute Gasteiger partial charge is 1.00 e. The molecule has 0 fully saturated rings. The molecule has 2 heteroatoms. The normalized spacial score (nSPS) is 8.60. The van der Waals surface area contributed by atoms with Crippen molar-refractivity contribution in [3.63, 3.8) is 0 Å². The zero-order valence-electron chi connectivity index (χ0n) is 6.34. The third kappa shape index (κ3) is 2.13. The van der Waals surface area contributed by atoms with Crippen LogP contribution in [0.25, 0.3) is 0 Å². The molecule has 0 radical (unpaired) electrons. The smallest absolute Gasteiger partial charge is 0.168 e. The number of hydrogen-bond donors (Lipinski definition) is 0. The second-order valence-corrected chi connectivity index (χ2v) is 2.23. The van der Waals surface area contributed by atoms with Crippen LogP contribution in [0.1, 0.15) is 12.5 Å². The van der Waals surface area contributed by atoms with Gasteiger partial charge in [-0.15, -0.1) is 0 Å². The van der Waals surface area contributed by atoms with Crippen molar-refractivity contribution in [3.8, 4) is 0 Å². The molecule has 0 bridgehead atoms. The minimum atomic E-state index is 0. The van der Waals surface area contributed by atoms with Gasteiger partial charge in [0.2, 0.25) is 0 Å². The molecular weight excluding hydrogens is 129 g/mol. The molecule has 0 aliphatic heterocycles. The van der Waals surface area contributed by atoms with Crippen molar-refractivity contribution >= 4 is 0 Å². The van der Waals surface area contributed by atoms with Crippen LogP contribution in [0.4, 0.5) is 0 Å². The van der Waals surface area contributed by atoms with Crippen LogP contribution < -0.4 is 9.27 Å². The van der Waals surface area contributed by atoms with Crippen molar-refractivity contribution in [2.45, 2.75) is 13.3 Å². The molecule has 1 heterocycles. The highest BCUT2D eigenvalue weighted by atomic mass is 19.0. The SMILES string of the molecule is CCc1cc[n+](C)cc1.[F-]. The van der Waals surface area contributed by atoms with Crippen LogP contribution in [0.2, 0.25) is 0 Å². The molecule has 0 atom stereocenters. The Morgan fingerprint density at radius 1 is 1.30 bits per heavy atom. The summed E-state index contributed by atoms with van der Waals surface area (Å²) in [4.78, 5) is 0. The van der Waals surface area contributed by atoms with Gasteiger partial charge in [-0.05, 0) is 12.0 Å². The lowest BCUT2D eigenvalue weighted by Gasteiger charge is -1.90. The fraction of sp³-hybridized carbons (Fsp3) is 0.375. The first-order valence-electron chi connectivity index (χ1n) is 3.27. The van der Waals surface area contributed by atoms with Gasteiger partial charge in [0.25, 0.3) is 0 Å². The molecule has 0 aliphatic rings. The van der Waals surface area contributed by atoms with Gasteiger partial charge in [-0.1, -0.05) is 6.92 Å². The second-order valence-electron chi connectivity index (χ2n) is 2.23. The van der Waals surface area contributed by atoms with Gasteiger partial charge in [-0.3, -0.25) is 0 Å². The van der Waals surface area contributed by atoms with Crippen molar-refractivity contribution in [1.82, 2.24) is 0 Å². The molecule has 1 nitrogen and oxygen atoms in total. The van der Waals surface area contributed by atoms with Gasteiger partial charge < -0.3 is 4.70 Å². The molecule has 1 aromatic heterocycles. The van der Waals surface area contributed by atoms with Gasteiger partial charge in [0.15, 0.2) is 12.4 Å².